The van der Waals surface area contributed by atoms with Crippen LogP contribution in [0.1, 0.15) is 50.8 Å². The van der Waals surface area contributed by atoms with Gasteiger partial charge in [-0.1, -0.05) is 38.3 Å². The SMILES string of the molecule is C#Cc1cnc2c(Cl)cc(N[C@H](C3=CN(C4(C(F)F)CC4)NN3)c3ccnc4c3ccn4C)cc2c1NCC(C)(C)C. The van der Waals surface area contributed by atoms with E-state index >= 15 is 0 Å². The van der Waals surface area contributed by atoms with Gasteiger partial charge in [-0.15, -0.1) is 12.0 Å². The Bertz CT molecular complexity index is 1750. The molecular weight excluding hydrogens is 558 g/mol. The van der Waals surface area contributed by atoms with Crippen LogP contribution in [-0.2, 0) is 7.05 Å². The minimum Gasteiger partial charge on any atom is -0.383 e. The van der Waals surface area contributed by atoms with Crippen molar-refractivity contribution in [1.29, 1.82) is 0 Å². The van der Waals surface area contributed by atoms with Crippen molar-refractivity contribution < 1.29 is 8.78 Å². The molecule has 0 spiro atoms. The van der Waals surface area contributed by atoms with Crippen LogP contribution in [0.4, 0.5) is 20.2 Å². The van der Waals surface area contributed by atoms with Crippen molar-refractivity contribution in [3.05, 3.63) is 70.9 Å². The van der Waals surface area contributed by atoms with Gasteiger partial charge in [-0.3, -0.25) is 9.99 Å². The van der Waals surface area contributed by atoms with Crippen molar-refractivity contribution >= 4 is 44.9 Å². The summed E-state index contributed by atoms with van der Waals surface area (Å²) in [5.74, 6) is 2.74. The summed E-state index contributed by atoms with van der Waals surface area (Å²) in [6, 6.07) is 7.26. The van der Waals surface area contributed by atoms with Gasteiger partial charge in [0.15, 0.2) is 0 Å². The van der Waals surface area contributed by atoms with Gasteiger partial charge in [0, 0.05) is 54.8 Å². The van der Waals surface area contributed by atoms with Crippen molar-refractivity contribution in [3.63, 3.8) is 0 Å². The number of nitrogens with zero attached hydrogens (tertiary/aromatic N) is 4. The average Bonchev–Trinajstić information content (AvgIpc) is 3.47. The van der Waals surface area contributed by atoms with E-state index in [1.165, 1.54) is 5.01 Å². The third kappa shape index (κ3) is 4.97. The number of nitrogens with one attached hydrogen (secondary N) is 4. The van der Waals surface area contributed by atoms with E-state index in [1.807, 2.05) is 42.1 Å². The van der Waals surface area contributed by atoms with Gasteiger partial charge >= 0.3 is 0 Å². The lowest BCUT2D eigenvalue weighted by Crippen LogP contribution is -2.48. The molecule has 1 fully saturated rings. The summed E-state index contributed by atoms with van der Waals surface area (Å²) in [6.45, 7) is 7.11. The Morgan fingerprint density at radius 1 is 1.19 bits per heavy atom. The molecule has 1 aliphatic heterocycles. The molecule has 3 aromatic heterocycles. The van der Waals surface area contributed by atoms with Gasteiger partial charge in [-0.05, 0) is 48.1 Å². The van der Waals surface area contributed by atoms with E-state index in [9.17, 15) is 8.78 Å². The van der Waals surface area contributed by atoms with Crippen LogP contribution in [-0.4, -0.2) is 38.1 Å². The average molecular weight is 591 g/mol. The predicted molar refractivity (Wildman–Crippen MR) is 164 cm³/mol. The zero-order chi connectivity index (χ0) is 29.8. The molecule has 1 atom stereocenters. The number of anilines is 2. The van der Waals surface area contributed by atoms with E-state index in [2.05, 4.69) is 58.3 Å². The Kier molecular flexibility index (Phi) is 6.90. The topological polar surface area (TPSA) is 82.1 Å². The first kappa shape index (κ1) is 28.1. The Labute approximate surface area is 248 Å². The highest BCUT2D eigenvalue weighted by molar-refractivity contribution is 6.35. The maximum atomic E-state index is 14.0. The molecule has 6 rings (SSSR count). The van der Waals surface area contributed by atoms with Gasteiger partial charge in [0.25, 0.3) is 6.43 Å². The Hall–Kier alpha value is -4.07. The van der Waals surface area contributed by atoms with Crippen LogP contribution in [0.25, 0.3) is 21.9 Å². The second-order valence-corrected chi connectivity index (χ2v) is 12.6. The molecular formula is C31H33ClF2N8. The first-order valence-corrected chi connectivity index (χ1v) is 14.2. The number of rotatable bonds is 8. The van der Waals surface area contributed by atoms with Crippen LogP contribution in [0.5, 0.6) is 0 Å². The summed E-state index contributed by atoms with van der Waals surface area (Å²) in [5, 5.41) is 10.8. The minimum absolute atomic E-state index is 0.00521. The number of hydrogen-bond donors (Lipinski definition) is 4. The van der Waals surface area contributed by atoms with E-state index < -0.39 is 18.0 Å². The molecule has 1 aliphatic carbocycles. The summed E-state index contributed by atoms with van der Waals surface area (Å²) in [6.07, 6.45) is 11.3. The lowest BCUT2D eigenvalue weighted by atomic mass is 9.96. The molecule has 11 heteroatoms. The van der Waals surface area contributed by atoms with Gasteiger partial charge in [-0.2, -0.15) is 0 Å². The van der Waals surface area contributed by atoms with Crippen LogP contribution in [0.3, 0.4) is 0 Å². The summed E-state index contributed by atoms with van der Waals surface area (Å²) in [4.78, 5) is 9.10. The second-order valence-electron chi connectivity index (χ2n) is 12.2. The van der Waals surface area contributed by atoms with Crippen molar-refractivity contribution in [2.24, 2.45) is 12.5 Å². The van der Waals surface area contributed by atoms with Crippen LogP contribution >= 0.6 is 11.6 Å². The predicted octanol–water partition coefficient (Wildman–Crippen LogP) is 6.33. The Balaban J connectivity index is 1.46. The standard InChI is InChI=1S/C31H33ClF2N8/c1-6-18-15-36-26-22(25(18)37-17-30(2,3)4)13-19(14-23(26)32)38-27(20-7-11-35-28-21(20)8-12-41(28)5)24-16-42(40-39-24)31(9-10-31)29(33)34/h1,7-8,11-16,27,29,38-40H,9-10,17H2,2-5H3,(H,36,37)/t27-/m0/s1. The lowest BCUT2D eigenvalue weighted by molar-refractivity contribution is 0.00911. The van der Waals surface area contributed by atoms with E-state index in [4.69, 9.17) is 18.0 Å². The fourth-order valence-corrected chi connectivity index (χ4v) is 5.60. The Morgan fingerprint density at radius 3 is 2.67 bits per heavy atom. The second kappa shape index (κ2) is 10.3. The van der Waals surface area contributed by atoms with E-state index in [0.717, 1.165) is 27.7 Å². The number of fused-ring (bicyclic) bond motifs is 2. The fourth-order valence-electron chi connectivity index (χ4n) is 5.33. The van der Waals surface area contributed by atoms with Crippen molar-refractivity contribution in [1.82, 2.24) is 30.5 Å². The molecule has 0 saturated heterocycles. The van der Waals surface area contributed by atoms with E-state index in [1.54, 1.807) is 18.6 Å². The number of pyridine rings is 2. The summed E-state index contributed by atoms with van der Waals surface area (Å²) in [5.41, 5.74) is 10.1. The van der Waals surface area contributed by atoms with Gasteiger partial charge in [0.1, 0.15) is 11.2 Å². The molecule has 0 amide bonds. The summed E-state index contributed by atoms with van der Waals surface area (Å²) in [7, 11) is 1.93. The number of halogens is 3. The normalized spacial score (nSPS) is 16.8. The number of alkyl halides is 2. The largest absolute Gasteiger partial charge is 0.383 e. The number of aryl methyl sites for hydroxylation is 1. The van der Waals surface area contributed by atoms with E-state index in [-0.39, 0.29) is 5.41 Å². The molecule has 218 valence electrons. The summed E-state index contributed by atoms with van der Waals surface area (Å²) >= 11 is 6.80. The highest BCUT2D eigenvalue weighted by Gasteiger charge is 2.56. The number of terminal acetylenes is 1. The maximum absolute atomic E-state index is 14.0. The molecule has 8 nitrogen and oxygen atoms in total. The van der Waals surface area contributed by atoms with Gasteiger partial charge in [0.2, 0.25) is 0 Å². The highest BCUT2D eigenvalue weighted by atomic mass is 35.5. The van der Waals surface area contributed by atoms with Crippen molar-refractivity contribution in [2.45, 2.75) is 51.6 Å². The van der Waals surface area contributed by atoms with Gasteiger partial charge < -0.3 is 20.6 Å². The van der Waals surface area contributed by atoms with Gasteiger partial charge in [-0.25, -0.2) is 13.8 Å². The zero-order valence-corrected chi connectivity index (χ0v) is 24.7. The maximum Gasteiger partial charge on any atom is 0.262 e. The molecule has 4 aromatic rings. The monoisotopic (exact) mass is 590 g/mol. The fraction of sp³-hybridized carbons (Fsp3) is 0.355. The molecule has 1 saturated carbocycles. The van der Waals surface area contributed by atoms with Crippen molar-refractivity contribution in [2.75, 3.05) is 17.2 Å². The third-order valence-corrected chi connectivity index (χ3v) is 8.14. The molecule has 2 aliphatic rings. The molecule has 0 unspecified atom stereocenters. The molecule has 4 heterocycles. The van der Waals surface area contributed by atoms with Crippen LogP contribution in [0.15, 0.2) is 54.8 Å². The van der Waals surface area contributed by atoms with Crippen LogP contribution in [0, 0.1) is 17.8 Å². The van der Waals surface area contributed by atoms with Crippen LogP contribution in [0.2, 0.25) is 5.02 Å². The zero-order valence-electron chi connectivity index (χ0n) is 23.9. The summed E-state index contributed by atoms with van der Waals surface area (Å²) < 4.78 is 29.9. The smallest absolute Gasteiger partial charge is 0.262 e. The third-order valence-electron chi connectivity index (χ3n) is 7.85. The molecule has 0 bridgehead atoms. The first-order valence-electron chi connectivity index (χ1n) is 13.8. The Morgan fingerprint density at radius 2 is 1.98 bits per heavy atom. The van der Waals surface area contributed by atoms with Crippen molar-refractivity contribution in [3.8, 4) is 12.3 Å². The highest BCUT2D eigenvalue weighted by Crippen LogP contribution is 2.47. The molecule has 1 aromatic carbocycles. The lowest BCUT2D eigenvalue weighted by Gasteiger charge is -2.25. The minimum atomic E-state index is -2.48. The number of benzene rings is 1. The molecule has 4 N–H and O–H groups in total. The number of hydrogen-bond acceptors (Lipinski definition) is 7. The number of aromatic nitrogens is 3. The van der Waals surface area contributed by atoms with Gasteiger partial charge in [0.05, 0.1) is 33.5 Å². The molecule has 0 radical (unpaired) electrons. The van der Waals surface area contributed by atoms with Crippen LogP contribution < -0.4 is 21.6 Å². The first-order chi connectivity index (χ1) is 20.0. The number of hydrazine groups is 2. The quantitative estimate of drug-likeness (QED) is 0.179. The molecule has 42 heavy (non-hydrogen) atoms. The van der Waals surface area contributed by atoms with E-state index in [0.29, 0.717) is 46.9 Å².